The summed E-state index contributed by atoms with van der Waals surface area (Å²) >= 11 is 0. The van der Waals surface area contributed by atoms with E-state index in [4.69, 9.17) is 10.5 Å². The summed E-state index contributed by atoms with van der Waals surface area (Å²) in [6.45, 7) is 5.52. The second kappa shape index (κ2) is 6.37. The zero-order chi connectivity index (χ0) is 11.1. The molecule has 0 fully saturated rings. The molecule has 1 amide bonds. The molecular formula is C9H18N2O3. The Morgan fingerprint density at radius 1 is 1.43 bits per heavy atom. The molecule has 5 heteroatoms. The molecular weight excluding hydrogens is 184 g/mol. The highest BCUT2D eigenvalue weighted by molar-refractivity contribution is 5.81. The maximum absolute atomic E-state index is 11.3. The van der Waals surface area contributed by atoms with E-state index in [1.54, 1.807) is 13.8 Å². The summed E-state index contributed by atoms with van der Waals surface area (Å²) in [5.41, 5.74) is 5.06. The Kier molecular flexibility index (Phi) is 5.87. The molecule has 0 aromatic heterocycles. The van der Waals surface area contributed by atoms with E-state index in [2.05, 4.69) is 5.32 Å². The highest BCUT2D eigenvalue weighted by Gasteiger charge is 2.21. The number of nitrogens with two attached hydrogens (primary N) is 1. The van der Waals surface area contributed by atoms with Crippen LogP contribution >= 0.6 is 0 Å². The van der Waals surface area contributed by atoms with Crippen LogP contribution in [0.4, 0.5) is 0 Å². The van der Waals surface area contributed by atoms with Crippen LogP contribution in [0.3, 0.4) is 0 Å². The molecule has 0 heterocycles. The number of amides is 1. The van der Waals surface area contributed by atoms with Crippen molar-refractivity contribution in [3.05, 3.63) is 0 Å². The maximum atomic E-state index is 11.3. The van der Waals surface area contributed by atoms with Gasteiger partial charge in [-0.1, -0.05) is 6.92 Å². The lowest BCUT2D eigenvalue weighted by Gasteiger charge is -2.18. The predicted molar refractivity (Wildman–Crippen MR) is 52.5 cm³/mol. The van der Waals surface area contributed by atoms with Crippen molar-refractivity contribution >= 4 is 11.9 Å². The lowest BCUT2D eigenvalue weighted by Crippen LogP contribution is -2.48. The van der Waals surface area contributed by atoms with Crippen molar-refractivity contribution in [2.24, 2.45) is 5.73 Å². The summed E-state index contributed by atoms with van der Waals surface area (Å²) in [6.07, 6.45) is 0.566. The van der Waals surface area contributed by atoms with Gasteiger partial charge in [-0.05, 0) is 20.3 Å². The van der Waals surface area contributed by atoms with Crippen LogP contribution in [0.5, 0.6) is 0 Å². The largest absolute Gasteiger partial charge is 0.465 e. The van der Waals surface area contributed by atoms with E-state index in [9.17, 15) is 9.59 Å². The first-order valence-electron chi connectivity index (χ1n) is 4.74. The first kappa shape index (κ1) is 12.9. The number of rotatable bonds is 6. The van der Waals surface area contributed by atoms with Crippen LogP contribution in [0.15, 0.2) is 0 Å². The fourth-order valence-electron chi connectivity index (χ4n) is 0.979. The molecule has 0 bridgehead atoms. The second-order valence-electron chi connectivity index (χ2n) is 3.00. The average Bonchev–Trinajstić information content (AvgIpc) is 2.13. The van der Waals surface area contributed by atoms with E-state index in [-0.39, 0.29) is 5.97 Å². The van der Waals surface area contributed by atoms with Gasteiger partial charge in [0.15, 0.2) is 0 Å². The zero-order valence-electron chi connectivity index (χ0n) is 8.87. The molecule has 0 saturated heterocycles. The smallest absolute Gasteiger partial charge is 0.323 e. The minimum Gasteiger partial charge on any atom is -0.465 e. The van der Waals surface area contributed by atoms with Crippen LogP contribution in [-0.4, -0.2) is 30.6 Å². The van der Waals surface area contributed by atoms with Crippen molar-refractivity contribution in [2.75, 3.05) is 6.61 Å². The van der Waals surface area contributed by atoms with Gasteiger partial charge in [0, 0.05) is 0 Å². The van der Waals surface area contributed by atoms with E-state index < -0.39 is 18.0 Å². The zero-order valence-corrected chi connectivity index (χ0v) is 8.87. The quantitative estimate of drug-likeness (QED) is 0.584. The summed E-state index contributed by atoms with van der Waals surface area (Å²) < 4.78 is 4.82. The summed E-state index contributed by atoms with van der Waals surface area (Å²) in [6, 6.07) is -0.984. The summed E-state index contributed by atoms with van der Waals surface area (Å²) in [4.78, 5) is 22.0. The Bertz CT molecular complexity index is 206. The van der Waals surface area contributed by atoms with Crippen LogP contribution in [0.1, 0.15) is 27.2 Å². The average molecular weight is 202 g/mol. The van der Waals surface area contributed by atoms with Crippen molar-refractivity contribution in [3.63, 3.8) is 0 Å². The molecule has 2 unspecified atom stereocenters. The Hall–Kier alpha value is -1.10. The van der Waals surface area contributed by atoms with Gasteiger partial charge in [-0.3, -0.25) is 14.9 Å². The van der Waals surface area contributed by atoms with Crippen molar-refractivity contribution < 1.29 is 14.3 Å². The van der Waals surface area contributed by atoms with Crippen molar-refractivity contribution in [1.29, 1.82) is 0 Å². The van der Waals surface area contributed by atoms with Crippen molar-refractivity contribution in [3.8, 4) is 0 Å². The molecule has 0 rings (SSSR count). The molecule has 0 aliphatic rings. The number of carbonyl (C=O) groups is 2. The fraction of sp³-hybridized carbons (Fsp3) is 0.778. The van der Waals surface area contributed by atoms with E-state index in [0.29, 0.717) is 13.0 Å². The number of nitrogens with one attached hydrogen (secondary N) is 1. The fourth-order valence-corrected chi connectivity index (χ4v) is 0.979. The molecule has 14 heavy (non-hydrogen) atoms. The van der Waals surface area contributed by atoms with Gasteiger partial charge in [0.2, 0.25) is 5.91 Å². The summed E-state index contributed by atoms with van der Waals surface area (Å²) in [7, 11) is 0. The Morgan fingerprint density at radius 2 is 2.00 bits per heavy atom. The monoisotopic (exact) mass is 202 g/mol. The lowest BCUT2D eigenvalue weighted by atomic mass is 10.2. The molecule has 0 aliphatic heterocycles. The van der Waals surface area contributed by atoms with Gasteiger partial charge >= 0.3 is 5.97 Å². The third-order valence-corrected chi connectivity index (χ3v) is 1.86. The number of primary amides is 1. The Morgan fingerprint density at radius 3 is 2.36 bits per heavy atom. The van der Waals surface area contributed by atoms with Crippen LogP contribution in [0, 0.1) is 0 Å². The number of hydrogen-bond donors (Lipinski definition) is 2. The van der Waals surface area contributed by atoms with Gasteiger partial charge in [-0.2, -0.15) is 0 Å². The lowest BCUT2D eigenvalue weighted by molar-refractivity contribution is -0.146. The Balaban J connectivity index is 4.14. The highest BCUT2D eigenvalue weighted by Crippen LogP contribution is 1.97. The molecule has 0 spiro atoms. The topological polar surface area (TPSA) is 81.4 Å². The van der Waals surface area contributed by atoms with Crippen molar-refractivity contribution in [1.82, 2.24) is 5.32 Å². The van der Waals surface area contributed by atoms with Gasteiger partial charge in [0.25, 0.3) is 0 Å². The molecule has 82 valence electrons. The summed E-state index contributed by atoms with van der Waals surface area (Å²) in [5.74, 6) is -0.823. The second-order valence-corrected chi connectivity index (χ2v) is 3.00. The normalized spacial score (nSPS) is 14.5. The summed E-state index contributed by atoms with van der Waals surface area (Å²) in [5, 5.41) is 2.80. The van der Waals surface area contributed by atoms with E-state index in [1.165, 1.54) is 0 Å². The third kappa shape index (κ3) is 4.23. The number of ether oxygens (including phenoxy) is 1. The molecule has 5 nitrogen and oxygen atoms in total. The van der Waals surface area contributed by atoms with Gasteiger partial charge < -0.3 is 10.5 Å². The first-order valence-corrected chi connectivity index (χ1v) is 4.74. The van der Waals surface area contributed by atoms with Crippen LogP contribution in [-0.2, 0) is 14.3 Å². The van der Waals surface area contributed by atoms with Crippen LogP contribution < -0.4 is 11.1 Å². The van der Waals surface area contributed by atoms with Gasteiger partial charge in [-0.25, -0.2) is 0 Å². The number of hydrogen-bond acceptors (Lipinski definition) is 4. The van der Waals surface area contributed by atoms with Gasteiger partial charge in [0.05, 0.1) is 12.6 Å². The van der Waals surface area contributed by atoms with E-state index in [0.717, 1.165) is 0 Å². The SMILES string of the molecule is CCOC(=O)C(CC)NC(C)C(N)=O. The standard InChI is InChI=1S/C9H18N2O3/c1-4-7(9(13)14-5-2)11-6(3)8(10)12/h6-7,11H,4-5H2,1-3H3,(H2,10,12). The minimum atomic E-state index is -0.524. The molecule has 0 radical (unpaired) electrons. The Labute approximate surface area is 84.0 Å². The number of esters is 1. The third-order valence-electron chi connectivity index (χ3n) is 1.86. The molecule has 0 aromatic carbocycles. The molecule has 0 saturated carbocycles. The highest BCUT2D eigenvalue weighted by atomic mass is 16.5. The van der Waals surface area contributed by atoms with E-state index >= 15 is 0 Å². The first-order chi connectivity index (χ1) is 6.52. The maximum Gasteiger partial charge on any atom is 0.323 e. The van der Waals surface area contributed by atoms with Crippen LogP contribution in [0.2, 0.25) is 0 Å². The predicted octanol–water partition coefficient (Wildman–Crippen LogP) is -0.208. The van der Waals surface area contributed by atoms with Gasteiger partial charge in [-0.15, -0.1) is 0 Å². The van der Waals surface area contributed by atoms with Crippen LogP contribution in [0.25, 0.3) is 0 Å². The molecule has 0 aliphatic carbocycles. The van der Waals surface area contributed by atoms with Gasteiger partial charge in [0.1, 0.15) is 6.04 Å². The molecule has 2 atom stereocenters. The van der Waals surface area contributed by atoms with Crippen molar-refractivity contribution in [2.45, 2.75) is 39.3 Å². The molecule has 0 aromatic rings. The molecule has 3 N–H and O–H groups in total. The minimum absolute atomic E-state index is 0.335. The number of carbonyl (C=O) groups excluding carboxylic acids is 2. The van der Waals surface area contributed by atoms with E-state index in [1.807, 2.05) is 6.92 Å².